The number of carbonyl (C=O) groups excluding carboxylic acids is 1. The Hall–Kier alpha value is -4.48. The average Bonchev–Trinajstić information content (AvgIpc) is 3.37. The van der Waals surface area contributed by atoms with Crippen LogP contribution in [-0.4, -0.2) is 67.8 Å². The first-order valence-electron chi connectivity index (χ1n) is 11.7. The molecule has 0 unspecified atom stereocenters. The molecule has 1 aliphatic heterocycles. The van der Waals surface area contributed by atoms with Gasteiger partial charge in [0.15, 0.2) is 11.5 Å². The smallest absolute Gasteiger partial charge is 0.490 e. The first kappa shape index (κ1) is 26.6. The number of methoxy groups -OCH3 is 1. The second kappa shape index (κ2) is 11.3. The average molecular weight is 528 g/mol. The highest BCUT2D eigenvalue weighted by Crippen LogP contribution is 2.28. The highest BCUT2D eigenvalue weighted by atomic mass is 19.4. The lowest BCUT2D eigenvalue weighted by molar-refractivity contribution is -0.192. The van der Waals surface area contributed by atoms with Crippen LogP contribution in [0.2, 0.25) is 0 Å². The summed E-state index contributed by atoms with van der Waals surface area (Å²) in [5.74, 6) is -0.802. The van der Waals surface area contributed by atoms with Gasteiger partial charge in [0, 0.05) is 43.2 Å². The quantitative estimate of drug-likeness (QED) is 0.418. The summed E-state index contributed by atoms with van der Waals surface area (Å²) < 4.78 is 38.9. The molecule has 198 valence electrons. The molecule has 1 aliphatic rings. The molecule has 0 radical (unpaired) electrons. The molecule has 1 aromatic carbocycles. The number of alkyl halides is 3. The molecule has 0 aliphatic carbocycles. The van der Waals surface area contributed by atoms with Crippen LogP contribution in [0.15, 0.2) is 67.1 Å². The lowest BCUT2D eigenvalue weighted by Gasteiger charge is -2.30. The fourth-order valence-corrected chi connectivity index (χ4v) is 4.06. The molecule has 1 fully saturated rings. The molecule has 1 N–H and O–H groups in total. The van der Waals surface area contributed by atoms with Gasteiger partial charge in [-0.3, -0.25) is 9.78 Å². The first-order chi connectivity index (χ1) is 18.2. The van der Waals surface area contributed by atoms with Gasteiger partial charge in [-0.15, -0.1) is 0 Å². The molecular weight excluding hydrogens is 503 g/mol. The molecule has 0 atom stereocenters. The maximum atomic E-state index is 12.6. The van der Waals surface area contributed by atoms with E-state index in [2.05, 4.69) is 17.1 Å². The minimum Gasteiger partial charge on any atom is -0.497 e. The van der Waals surface area contributed by atoms with Crippen molar-refractivity contribution in [2.75, 3.05) is 20.2 Å². The van der Waals surface area contributed by atoms with Gasteiger partial charge in [-0.25, -0.2) is 14.3 Å². The van der Waals surface area contributed by atoms with Gasteiger partial charge >= 0.3 is 12.1 Å². The fraction of sp³-hybridized carbons (Fsp3) is 0.269. The summed E-state index contributed by atoms with van der Waals surface area (Å²) in [6.07, 6.45) is 1.93. The molecule has 0 saturated carbocycles. The van der Waals surface area contributed by atoms with E-state index < -0.39 is 12.1 Å². The summed E-state index contributed by atoms with van der Waals surface area (Å²) in [5.41, 5.74) is 3.59. The van der Waals surface area contributed by atoms with Crippen molar-refractivity contribution in [3.8, 4) is 16.9 Å². The van der Waals surface area contributed by atoms with E-state index in [1.54, 1.807) is 25.6 Å². The van der Waals surface area contributed by atoms with Gasteiger partial charge < -0.3 is 14.7 Å². The van der Waals surface area contributed by atoms with Crippen LogP contribution < -0.4 is 4.74 Å². The molecule has 0 spiro atoms. The van der Waals surface area contributed by atoms with Gasteiger partial charge in [-0.1, -0.05) is 12.1 Å². The number of carbonyl (C=O) groups is 2. The Balaban J connectivity index is 0.000000426. The number of likely N-dealkylation sites (tertiary alicyclic amines) is 1. The van der Waals surface area contributed by atoms with E-state index in [1.165, 1.54) is 0 Å². The van der Waals surface area contributed by atoms with Crippen molar-refractivity contribution in [1.82, 2.24) is 24.5 Å². The third-order valence-corrected chi connectivity index (χ3v) is 6.05. The molecule has 5 rings (SSSR count). The van der Waals surface area contributed by atoms with Crippen LogP contribution in [0.3, 0.4) is 0 Å². The number of hydrogen-bond donors (Lipinski definition) is 1. The zero-order valence-corrected chi connectivity index (χ0v) is 20.3. The lowest BCUT2D eigenvalue weighted by atomic mass is 9.96. The highest BCUT2D eigenvalue weighted by Gasteiger charge is 2.38. The summed E-state index contributed by atoms with van der Waals surface area (Å²) in [5, 5.41) is 11.9. The summed E-state index contributed by atoms with van der Waals surface area (Å²) >= 11 is 0. The maximum absolute atomic E-state index is 12.6. The number of nitrogens with zero attached hydrogens (tertiary/aromatic N) is 5. The van der Waals surface area contributed by atoms with Crippen LogP contribution in [0.4, 0.5) is 13.2 Å². The highest BCUT2D eigenvalue weighted by molar-refractivity contribution is 5.93. The number of fused-ring (bicyclic) bond motifs is 1. The van der Waals surface area contributed by atoms with Gasteiger partial charge in [0.2, 0.25) is 0 Å². The number of hydrogen-bond acceptors (Lipinski definition) is 6. The number of pyridine rings is 2. The van der Waals surface area contributed by atoms with Crippen LogP contribution in [0.1, 0.15) is 34.9 Å². The molecule has 9 nitrogen and oxygen atoms in total. The molecule has 1 amide bonds. The molecule has 4 heterocycles. The van der Waals surface area contributed by atoms with Crippen LogP contribution in [-0.2, 0) is 4.79 Å². The van der Waals surface area contributed by atoms with Gasteiger partial charge in [0.25, 0.3) is 5.91 Å². The molecule has 0 bridgehead atoms. The third kappa shape index (κ3) is 6.25. The number of benzene rings is 1. The van der Waals surface area contributed by atoms with Crippen molar-refractivity contribution in [3.05, 3.63) is 78.5 Å². The van der Waals surface area contributed by atoms with Crippen molar-refractivity contribution in [3.63, 3.8) is 0 Å². The number of carboxylic acid groups (broad SMARTS) is 1. The number of aromatic nitrogens is 4. The van der Waals surface area contributed by atoms with Gasteiger partial charge in [0.1, 0.15) is 5.75 Å². The predicted octanol–water partition coefficient (Wildman–Crippen LogP) is 4.45. The summed E-state index contributed by atoms with van der Waals surface area (Å²) in [7, 11) is 1.67. The summed E-state index contributed by atoms with van der Waals surface area (Å²) in [6.45, 7) is 1.39. The van der Waals surface area contributed by atoms with Crippen LogP contribution >= 0.6 is 0 Å². The molecule has 1 saturated heterocycles. The Morgan fingerprint density at radius 1 is 1.05 bits per heavy atom. The molecule has 12 heteroatoms. The Kier molecular flexibility index (Phi) is 7.89. The van der Waals surface area contributed by atoms with Crippen molar-refractivity contribution >= 4 is 17.5 Å². The lowest BCUT2D eigenvalue weighted by Crippen LogP contribution is -2.38. The Morgan fingerprint density at radius 2 is 1.79 bits per heavy atom. The van der Waals surface area contributed by atoms with Crippen molar-refractivity contribution in [2.45, 2.75) is 24.9 Å². The van der Waals surface area contributed by atoms with E-state index in [4.69, 9.17) is 24.7 Å². The van der Waals surface area contributed by atoms with Crippen LogP contribution in [0.25, 0.3) is 16.8 Å². The Morgan fingerprint density at radius 3 is 2.42 bits per heavy atom. The van der Waals surface area contributed by atoms with Crippen LogP contribution in [0.5, 0.6) is 5.75 Å². The molecular formula is C26H24F3N5O4. The van der Waals surface area contributed by atoms with E-state index >= 15 is 0 Å². The molecule has 3 aromatic heterocycles. The van der Waals surface area contributed by atoms with E-state index in [9.17, 15) is 18.0 Å². The van der Waals surface area contributed by atoms with E-state index in [1.807, 2.05) is 45.9 Å². The normalized spacial score (nSPS) is 14.1. The number of amides is 1. The number of ether oxygens (including phenoxy) is 1. The maximum Gasteiger partial charge on any atom is 0.490 e. The first-order valence-corrected chi connectivity index (χ1v) is 11.7. The second-order valence-electron chi connectivity index (χ2n) is 8.53. The minimum atomic E-state index is -5.08. The van der Waals surface area contributed by atoms with Crippen molar-refractivity contribution < 1.29 is 32.6 Å². The van der Waals surface area contributed by atoms with Gasteiger partial charge in [-0.2, -0.15) is 18.3 Å². The zero-order chi connectivity index (χ0) is 27.3. The van der Waals surface area contributed by atoms with Crippen LogP contribution in [0, 0.1) is 0 Å². The standard InChI is InChI=1S/C24H23N5O2.C2HF3O2/c1-31-21-6-2-4-18(14-21)20-7-8-22-26-23(27-29(22)16-20)17-9-12-28(13-10-17)24(30)19-5-3-11-25-15-19;3-2(4,5)1(6)7/h2-8,11,14-17H,9-10,12-13H2,1H3;(H,6,7). The predicted molar refractivity (Wildman–Crippen MR) is 131 cm³/mol. The molecule has 38 heavy (non-hydrogen) atoms. The third-order valence-electron chi connectivity index (χ3n) is 6.05. The Bertz CT molecular complexity index is 1420. The number of rotatable bonds is 4. The van der Waals surface area contributed by atoms with Crippen molar-refractivity contribution in [1.29, 1.82) is 0 Å². The fourth-order valence-electron chi connectivity index (χ4n) is 4.06. The SMILES string of the molecule is COc1cccc(-c2ccc3nc(C4CCN(C(=O)c5cccnc5)CC4)nn3c2)c1.O=C(O)C(F)(F)F. The summed E-state index contributed by atoms with van der Waals surface area (Å²) in [4.78, 5) is 32.2. The molecule has 4 aromatic rings. The van der Waals surface area contributed by atoms with E-state index in [0.717, 1.165) is 41.2 Å². The Labute approximate surface area is 215 Å². The van der Waals surface area contributed by atoms with E-state index in [-0.39, 0.29) is 11.8 Å². The number of piperidine rings is 1. The minimum absolute atomic E-state index is 0.0393. The van der Waals surface area contributed by atoms with Gasteiger partial charge in [-0.05, 0) is 54.8 Å². The number of aliphatic carboxylic acids is 1. The monoisotopic (exact) mass is 527 g/mol. The largest absolute Gasteiger partial charge is 0.497 e. The summed E-state index contributed by atoms with van der Waals surface area (Å²) in [6, 6.07) is 15.6. The van der Waals surface area contributed by atoms with Crippen molar-refractivity contribution in [2.24, 2.45) is 0 Å². The van der Waals surface area contributed by atoms with Gasteiger partial charge in [0.05, 0.1) is 12.7 Å². The number of halogens is 3. The second-order valence-corrected chi connectivity index (χ2v) is 8.53. The zero-order valence-electron chi connectivity index (χ0n) is 20.3. The number of carboxylic acids is 1. The van der Waals surface area contributed by atoms with E-state index in [0.29, 0.717) is 18.7 Å². The topological polar surface area (TPSA) is 110 Å².